The molecule has 27 heavy (non-hydrogen) atoms. The highest BCUT2D eigenvalue weighted by atomic mass is 16.5. The lowest BCUT2D eigenvalue weighted by atomic mass is 10.2. The molecular weight excluding hydrogens is 350 g/mol. The van der Waals surface area contributed by atoms with Crippen LogP contribution in [0.3, 0.4) is 0 Å². The standard InChI is InChI=1S/C19H21N3O5/c1-2-27-16-7-4-14(5-8-16)21-18(25)9-10-19(26)22-20-12-13-3-6-15(23)11-17(13)24/h3-8,11-12,23-24H,2,9-10H2,1H3,(H,21,25)(H,22,26)/b20-12+. The molecule has 0 spiro atoms. The zero-order valence-corrected chi connectivity index (χ0v) is 14.8. The van der Waals surface area contributed by atoms with Crippen LogP contribution in [0.2, 0.25) is 0 Å². The molecule has 2 aromatic carbocycles. The van der Waals surface area contributed by atoms with Gasteiger partial charge in [-0.25, -0.2) is 5.43 Å². The Hall–Kier alpha value is -3.55. The first kappa shape index (κ1) is 19.8. The normalized spacial score (nSPS) is 10.6. The molecule has 0 heterocycles. The Labute approximate surface area is 156 Å². The number of phenolic OH excluding ortho intramolecular Hbond substituents is 2. The second kappa shape index (κ2) is 9.81. The number of phenols is 2. The summed E-state index contributed by atoms with van der Waals surface area (Å²) in [6.07, 6.45) is 1.20. The molecule has 2 rings (SSSR count). The fourth-order valence-electron chi connectivity index (χ4n) is 2.12. The molecule has 0 atom stereocenters. The fraction of sp³-hybridized carbons (Fsp3) is 0.211. The zero-order valence-electron chi connectivity index (χ0n) is 14.8. The van der Waals surface area contributed by atoms with E-state index in [1.807, 2.05) is 6.92 Å². The maximum atomic E-state index is 11.9. The van der Waals surface area contributed by atoms with Crippen molar-refractivity contribution in [1.29, 1.82) is 0 Å². The number of carbonyl (C=O) groups excluding carboxylic acids is 2. The Morgan fingerprint density at radius 2 is 1.78 bits per heavy atom. The average molecular weight is 371 g/mol. The summed E-state index contributed by atoms with van der Waals surface area (Å²) < 4.78 is 5.32. The zero-order chi connectivity index (χ0) is 19.6. The number of amides is 2. The van der Waals surface area contributed by atoms with Gasteiger partial charge >= 0.3 is 0 Å². The van der Waals surface area contributed by atoms with E-state index in [1.54, 1.807) is 24.3 Å². The minimum absolute atomic E-state index is 0.000968. The highest BCUT2D eigenvalue weighted by molar-refractivity contribution is 5.93. The third-order valence-electron chi connectivity index (χ3n) is 3.44. The largest absolute Gasteiger partial charge is 0.508 e. The summed E-state index contributed by atoms with van der Waals surface area (Å²) in [6.45, 7) is 2.45. The van der Waals surface area contributed by atoms with Crippen LogP contribution in [0, 0.1) is 0 Å². The van der Waals surface area contributed by atoms with E-state index >= 15 is 0 Å². The van der Waals surface area contributed by atoms with E-state index in [0.717, 1.165) is 6.07 Å². The van der Waals surface area contributed by atoms with E-state index in [-0.39, 0.29) is 30.2 Å². The molecule has 0 radical (unpaired) electrons. The molecule has 0 aliphatic heterocycles. The highest BCUT2D eigenvalue weighted by Gasteiger charge is 2.07. The molecule has 0 saturated carbocycles. The number of anilines is 1. The van der Waals surface area contributed by atoms with E-state index in [9.17, 15) is 19.8 Å². The predicted molar refractivity (Wildman–Crippen MR) is 101 cm³/mol. The van der Waals surface area contributed by atoms with Crippen LogP contribution >= 0.6 is 0 Å². The smallest absolute Gasteiger partial charge is 0.240 e. The summed E-state index contributed by atoms with van der Waals surface area (Å²) >= 11 is 0. The van der Waals surface area contributed by atoms with E-state index < -0.39 is 5.91 Å². The Morgan fingerprint density at radius 1 is 1.07 bits per heavy atom. The lowest BCUT2D eigenvalue weighted by molar-refractivity contribution is -0.124. The first-order valence-electron chi connectivity index (χ1n) is 8.34. The van der Waals surface area contributed by atoms with Crippen molar-refractivity contribution < 1.29 is 24.5 Å². The molecule has 0 aromatic heterocycles. The number of ether oxygens (including phenoxy) is 1. The highest BCUT2D eigenvalue weighted by Crippen LogP contribution is 2.20. The van der Waals surface area contributed by atoms with E-state index in [1.165, 1.54) is 18.3 Å². The molecule has 0 aliphatic rings. The summed E-state index contributed by atoms with van der Waals surface area (Å²) in [6, 6.07) is 10.9. The number of nitrogens with one attached hydrogen (secondary N) is 2. The Bertz CT molecular complexity index is 819. The van der Waals surface area contributed by atoms with Crippen LogP contribution in [-0.2, 0) is 9.59 Å². The third-order valence-corrected chi connectivity index (χ3v) is 3.44. The number of hydrogen-bond acceptors (Lipinski definition) is 6. The minimum Gasteiger partial charge on any atom is -0.508 e. The van der Waals surface area contributed by atoms with Gasteiger partial charge in [-0.15, -0.1) is 0 Å². The second-order valence-electron chi connectivity index (χ2n) is 5.54. The average Bonchev–Trinajstić information content (AvgIpc) is 2.64. The van der Waals surface area contributed by atoms with Crippen LogP contribution in [0.1, 0.15) is 25.3 Å². The van der Waals surface area contributed by atoms with Crippen molar-refractivity contribution in [2.24, 2.45) is 5.10 Å². The lowest BCUT2D eigenvalue weighted by Gasteiger charge is -2.07. The molecule has 0 fully saturated rings. The number of benzene rings is 2. The molecule has 0 aliphatic carbocycles. The number of hydrazone groups is 1. The monoisotopic (exact) mass is 371 g/mol. The van der Waals surface area contributed by atoms with Gasteiger partial charge in [-0.05, 0) is 43.3 Å². The van der Waals surface area contributed by atoms with Crippen LogP contribution in [0.25, 0.3) is 0 Å². The van der Waals surface area contributed by atoms with E-state index in [2.05, 4.69) is 15.8 Å². The van der Waals surface area contributed by atoms with Crippen molar-refractivity contribution in [2.45, 2.75) is 19.8 Å². The molecule has 8 heteroatoms. The predicted octanol–water partition coefficient (Wildman–Crippen LogP) is 2.37. The number of nitrogens with zero attached hydrogens (tertiary/aromatic N) is 1. The van der Waals surface area contributed by atoms with Crippen molar-refractivity contribution >= 4 is 23.7 Å². The summed E-state index contributed by atoms with van der Waals surface area (Å²) in [5, 5.41) is 25.2. The van der Waals surface area contributed by atoms with Gasteiger partial charge in [-0.2, -0.15) is 5.10 Å². The maximum absolute atomic E-state index is 11.9. The molecular formula is C19H21N3O5. The molecule has 2 amide bonds. The van der Waals surface area contributed by atoms with Gasteiger partial charge in [0.2, 0.25) is 11.8 Å². The first-order valence-corrected chi connectivity index (χ1v) is 8.34. The van der Waals surface area contributed by atoms with Crippen LogP contribution in [0.5, 0.6) is 17.2 Å². The van der Waals surface area contributed by atoms with Crippen molar-refractivity contribution in [2.75, 3.05) is 11.9 Å². The molecule has 4 N–H and O–H groups in total. The van der Waals surface area contributed by atoms with Gasteiger partial charge in [-0.3, -0.25) is 9.59 Å². The van der Waals surface area contributed by atoms with E-state index in [4.69, 9.17) is 4.74 Å². The van der Waals surface area contributed by atoms with E-state index in [0.29, 0.717) is 23.6 Å². The van der Waals surface area contributed by atoms with Crippen LogP contribution in [0.4, 0.5) is 5.69 Å². The number of hydrogen-bond donors (Lipinski definition) is 4. The third kappa shape index (κ3) is 6.69. The lowest BCUT2D eigenvalue weighted by Crippen LogP contribution is -2.20. The van der Waals surface area contributed by atoms with Crippen molar-refractivity contribution in [3.63, 3.8) is 0 Å². The summed E-state index contributed by atoms with van der Waals surface area (Å²) in [5.41, 5.74) is 3.22. The summed E-state index contributed by atoms with van der Waals surface area (Å²) in [5.74, 6) is -0.261. The summed E-state index contributed by atoms with van der Waals surface area (Å²) in [7, 11) is 0. The molecule has 0 bridgehead atoms. The number of carbonyl (C=O) groups is 2. The topological polar surface area (TPSA) is 120 Å². The van der Waals surface area contributed by atoms with Crippen LogP contribution in [-0.4, -0.2) is 34.8 Å². The molecule has 0 saturated heterocycles. The summed E-state index contributed by atoms with van der Waals surface area (Å²) in [4.78, 5) is 23.6. The van der Waals surface area contributed by atoms with Gasteiger partial charge in [-0.1, -0.05) is 0 Å². The van der Waals surface area contributed by atoms with Crippen molar-refractivity contribution in [3.8, 4) is 17.2 Å². The van der Waals surface area contributed by atoms with Gasteiger partial charge in [0.15, 0.2) is 0 Å². The van der Waals surface area contributed by atoms with Gasteiger partial charge in [0.25, 0.3) is 0 Å². The van der Waals surface area contributed by atoms with Gasteiger partial charge in [0.05, 0.1) is 12.8 Å². The van der Waals surface area contributed by atoms with Crippen molar-refractivity contribution in [1.82, 2.24) is 5.43 Å². The molecule has 2 aromatic rings. The van der Waals surface area contributed by atoms with Gasteiger partial charge in [0, 0.05) is 30.2 Å². The molecule has 8 nitrogen and oxygen atoms in total. The number of aromatic hydroxyl groups is 2. The Kier molecular flexibility index (Phi) is 7.18. The maximum Gasteiger partial charge on any atom is 0.240 e. The van der Waals surface area contributed by atoms with Gasteiger partial charge in [0.1, 0.15) is 17.2 Å². The van der Waals surface area contributed by atoms with Gasteiger partial charge < -0.3 is 20.3 Å². The number of rotatable bonds is 8. The van der Waals surface area contributed by atoms with Crippen LogP contribution < -0.4 is 15.5 Å². The Balaban J connectivity index is 1.74. The molecule has 0 unspecified atom stereocenters. The minimum atomic E-state index is -0.439. The fourth-order valence-corrected chi connectivity index (χ4v) is 2.12. The quantitative estimate of drug-likeness (QED) is 0.419. The second-order valence-corrected chi connectivity index (χ2v) is 5.54. The SMILES string of the molecule is CCOc1ccc(NC(=O)CCC(=O)N/N=C/c2ccc(O)cc2O)cc1. The molecule has 142 valence electrons. The van der Waals surface area contributed by atoms with Crippen LogP contribution in [0.15, 0.2) is 47.6 Å². The first-order chi connectivity index (χ1) is 13.0. The van der Waals surface area contributed by atoms with Crippen molar-refractivity contribution in [3.05, 3.63) is 48.0 Å². The Morgan fingerprint density at radius 3 is 2.44 bits per heavy atom.